The summed E-state index contributed by atoms with van der Waals surface area (Å²) in [5, 5.41) is 2.65. The first-order valence-corrected chi connectivity index (χ1v) is 9.89. The van der Waals surface area contributed by atoms with Crippen molar-refractivity contribution in [2.45, 2.75) is 18.7 Å². The number of ether oxygens (including phenoxy) is 2. The van der Waals surface area contributed by atoms with Crippen LogP contribution in [0.2, 0.25) is 0 Å². The van der Waals surface area contributed by atoms with Gasteiger partial charge in [-0.2, -0.15) is 0 Å². The molecule has 0 radical (unpaired) electrons. The molecule has 2 aromatic rings. The van der Waals surface area contributed by atoms with Crippen molar-refractivity contribution >= 4 is 21.6 Å². The molecule has 0 unspecified atom stereocenters. The van der Waals surface area contributed by atoms with Crippen LogP contribution in [0.15, 0.2) is 47.4 Å². The third-order valence-electron chi connectivity index (χ3n) is 3.75. The molecule has 1 amide bonds. The van der Waals surface area contributed by atoms with Gasteiger partial charge < -0.3 is 14.8 Å². The van der Waals surface area contributed by atoms with Crippen molar-refractivity contribution in [2.75, 3.05) is 31.6 Å². The molecule has 146 valence electrons. The minimum atomic E-state index is -3.71. The highest BCUT2D eigenvalue weighted by atomic mass is 32.2. The zero-order valence-electron chi connectivity index (χ0n) is 15.6. The molecule has 7 nitrogen and oxygen atoms in total. The molecule has 2 rings (SSSR count). The Hall–Kier alpha value is -2.58. The summed E-state index contributed by atoms with van der Waals surface area (Å²) in [7, 11) is -2.16. The van der Waals surface area contributed by atoms with Crippen LogP contribution in [-0.2, 0) is 19.6 Å². The Morgan fingerprint density at radius 2 is 1.78 bits per heavy atom. The maximum absolute atomic E-state index is 12.5. The summed E-state index contributed by atoms with van der Waals surface area (Å²) in [4.78, 5) is 11.8. The monoisotopic (exact) mass is 392 g/mol. The third-order valence-corrected chi connectivity index (χ3v) is 5.13. The van der Waals surface area contributed by atoms with Gasteiger partial charge in [0.25, 0.3) is 15.9 Å². The molecular formula is C19H24N2O5S. The van der Waals surface area contributed by atoms with Crippen LogP contribution in [0.4, 0.5) is 5.69 Å². The highest BCUT2D eigenvalue weighted by Crippen LogP contribution is 2.23. The van der Waals surface area contributed by atoms with E-state index in [0.717, 1.165) is 5.56 Å². The first-order valence-electron chi connectivity index (χ1n) is 8.40. The normalized spacial score (nSPS) is 11.1. The number of anilines is 1. The third kappa shape index (κ3) is 6.26. The van der Waals surface area contributed by atoms with E-state index in [2.05, 4.69) is 10.0 Å². The Morgan fingerprint density at radius 1 is 1.07 bits per heavy atom. The van der Waals surface area contributed by atoms with Gasteiger partial charge in [0.1, 0.15) is 5.75 Å². The second kappa shape index (κ2) is 9.38. The maximum atomic E-state index is 12.5. The molecule has 8 heteroatoms. The Labute approximate surface area is 159 Å². The van der Waals surface area contributed by atoms with Gasteiger partial charge in [0.05, 0.1) is 11.5 Å². The first kappa shape index (κ1) is 20.7. The lowest BCUT2D eigenvalue weighted by Gasteiger charge is -2.12. The number of carbonyl (C=O) groups is 1. The lowest BCUT2D eigenvalue weighted by molar-refractivity contribution is -0.123. The number of methoxy groups -OCH3 is 1. The van der Waals surface area contributed by atoms with E-state index in [1.165, 1.54) is 12.1 Å². The molecule has 0 aromatic heterocycles. The predicted molar refractivity (Wildman–Crippen MR) is 104 cm³/mol. The van der Waals surface area contributed by atoms with E-state index in [1.54, 1.807) is 32.2 Å². The summed E-state index contributed by atoms with van der Waals surface area (Å²) in [5.41, 5.74) is 2.15. The Bertz CT molecular complexity index is 879. The van der Waals surface area contributed by atoms with Crippen molar-refractivity contribution in [1.82, 2.24) is 5.32 Å². The molecule has 0 bridgehead atoms. The number of sulfonamides is 1. The zero-order chi connectivity index (χ0) is 19.9. The van der Waals surface area contributed by atoms with Crippen molar-refractivity contribution in [3.05, 3.63) is 53.6 Å². The SMILES string of the molecule is COCCNC(=O)COc1ccc(S(=O)(=O)Nc2ccc(C)cc2)cc1C. The standard InChI is InChI=1S/C19H24N2O5S/c1-14-4-6-16(7-5-14)21-27(23,24)17-8-9-18(15(2)12-17)26-13-19(22)20-10-11-25-3/h4-9,12,21H,10-11,13H2,1-3H3,(H,20,22). The van der Waals surface area contributed by atoms with E-state index in [4.69, 9.17) is 9.47 Å². The van der Waals surface area contributed by atoms with E-state index >= 15 is 0 Å². The van der Waals surface area contributed by atoms with Crippen molar-refractivity contribution in [3.8, 4) is 5.75 Å². The molecule has 0 aliphatic rings. The van der Waals surface area contributed by atoms with Gasteiger partial charge in [0.15, 0.2) is 6.61 Å². The van der Waals surface area contributed by atoms with E-state index in [0.29, 0.717) is 30.2 Å². The molecular weight excluding hydrogens is 368 g/mol. The number of aryl methyl sites for hydroxylation is 2. The van der Waals surface area contributed by atoms with Crippen molar-refractivity contribution in [1.29, 1.82) is 0 Å². The van der Waals surface area contributed by atoms with Gasteiger partial charge in [0, 0.05) is 19.3 Å². The molecule has 0 aliphatic heterocycles. The molecule has 2 N–H and O–H groups in total. The van der Waals surface area contributed by atoms with Crippen LogP contribution in [-0.4, -0.2) is 41.2 Å². The molecule has 27 heavy (non-hydrogen) atoms. The van der Waals surface area contributed by atoms with Gasteiger partial charge in [-0.05, 0) is 49.7 Å². The number of nitrogens with one attached hydrogen (secondary N) is 2. The summed E-state index contributed by atoms with van der Waals surface area (Å²) in [6, 6.07) is 11.6. The molecule has 0 atom stereocenters. The summed E-state index contributed by atoms with van der Waals surface area (Å²) in [5.74, 6) is 0.176. The average Bonchev–Trinajstić information content (AvgIpc) is 2.62. The fourth-order valence-electron chi connectivity index (χ4n) is 2.27. The number of rotatable bonds is 9. The summed E-state index contributed by atoms with van der Waals surface area (Å²) >= 11 is 0. The second-order valence-corrected chi connectivity index (χ2v) is 7.71. The minimum Gasteiger partial charge on any atom is -0.484 e. The first-order chi connectivity index (χ1) is 12.8. The number of benzene rings is 2. The molecule has 0 aliphatic carbocycles. The van der Waals surface area contributed by atoms with Crippen LogP contribution in [0.3, 0.4) is 0 Å². The lowest BCUT2D eigenvalue weighted by Crippen LogP contribution is -2.31. The number of carbonyl (C=O) groups excluding carboxylic acids is 1. The quantitative estimate of drug-likeness (QED) is 0.639. The molecule has 0 fully saturated rings. The fourth-order valence-corrected chi connectivity index (χ4v) is 3.42. The summed E-state index contributed by atoms with van der Waals surface area (Å²) in [6.07, 6.45) is 0. The smallest absolute Gasteiger partial charge is 0.261 e. The Morgan fingerprint density at radius 3 is 2.41 bits per heavy atom. The van der Waals surface area contributed by atoms with E-state index < -0.39 is 10.0 Å². The minimum absolute atomic E-state index is 0.123. The highest BCUT2D eigenvalue weighted by molar-refractivity contribution is 7.92. The predicted octanol–water partition coefficient (Wildman–Crippen LogP) is 2.25. The van der Waals surface area contributed by atoms with Crippen LogP contribution in [0.5, 0.6) is 5.75 Å². The molecule has 0 spiro atoms. The topological polar surface area (TPSA) is 93.7 Å². The van der Waals surface area contributed by atoms with Crippen molar-refractivity contribution in [2.24, 2.45) is 0 Å². The van der Waals surface area contributed by atoms with Crippen LogP contribution < -0.4 is 14.8 Å². The fraction of sp³-hybridized carbons (Fsp3) is 0.316. The Kier molecular flexibility index (Phi) is 7.20. The van der Waals surface area contributed by atoms with Crippen molar-refractivity contribution in [3.63, 3.8) is 0 Å². The second-order valence-electron chi connectivity index (χ2n) is 6.03. The van der Waals surface area contributed by atoms with Gasteiger partial charge in [-0.3, -0.25) is 9.52 Å². The van der Waals surface area contributed by atoms with Gasteiger partial charge in [-0.1, -0.05) is 17.7 Å². The van der Waals surface area contributed by atoms with Gasteiger partial charge in [-0.15, -0.1) is 0 Å². The van der Waals surface area contributed by atoms with E-state index in [1.807, 2.05) is 19.1 Å². The summed E-state index contributed by atoms with van der Waals surface area (Å²) < 4.78 is 37.9. The van der Waals surface area contributed by atoms with Gasteiger partial charge in [-0.25, -0.2) is 8.42 Å². The highest BCUT2D eigenvalue weighted by Gasteiger charge is 2.16. The molecule has 2 aromatic carbocycles. The largest absolute Gasteiger partial charge is 0.484 e. The maximum Gasteiger partial charge on any atom is 0.261 e. The molecule has 0 heterocycles. The number of hydrogen-bond donors (Lipinski definition) is 2. The summed E-state index contributed by atoms with van der Waals surface area (Å²) in [6.45, 7) is 4.32. The van der Waals surface area contributed by atoms with Crippen LogP contribution >= 0.6 is 0 Å². The van der Waals surface area contributed by atoms with Crippen molar-refractivity contribution < 1.29 is 22.7 Å². The van der Waals surface area contributed by atoms with E-state index in [-0.39, 0.29) is 17.4 Å². The van der Waals surface area contributed by atoms with Gasteiger partial charge >= 0.3 is 0 Å². The number of hydrogen-bond acceptors (Lipinski definition) is 5. The molecule has 0 saturated heterocycles. The van der Waals surface area contributed by atoms with Gasteiger partial charge in [0.2, 0.25) is 0 Å². The van der Waals surface area contributed by atoms with Crippen LogP contribution in [0.25, 0.3) is 0 Å². The average molecular weight is 392 g/mol. The number of amides is 1. The lowest BCUT2D eigenvalue weighted by atomic mass is 10.2. The zero-order valence-corrected chi connectivity index (χ0v) is 16.4. The van der Waals surface area contributed by atoms with E-state index in [9.17, 15) is 13.2 Å². The molecule has 0 saturated carbocycles. The van der Waals surface area contributed by atoms with Crippen LogP contribution in [0, 0.1) is 13.8 Å². The Balaban J connectivity index is 2.02. The van der Waals surface area contributed by atoms with Crippen LogP contribution in [0.1, 0.15) is 11.1 Å².